The maximum absolute atomic E-state index is 2.84. The molecule has 274 valence electrons. The molecule has 0 nitrogen and oxygen atoms in total. The number of benzene rings is 2. The molecule has 0 aliphatic heterocycles. The monoisotopic (exact) mass is 808 g/mol. The van der Waals surface area contributed by atoms with Crippen molar-refractivity contribution in [2.24, 2.45) is 58.2 Å². The van der Waals surface area contributed by atoms with E-state index in [0.717, 1.165) is 47.3 Å². The fourth-order valence-corrected chi connectivity index (χ4v) is 17.1. The van der Waals surface area contributed by atoms with Crippen LogP contribution in [0.1, 0.15) is 159 Å². The molecule has 3 heteroatoms. The number of fused-ring (bicyclic) bond motifs is 5. The molecule has 12 aliphatic rings. The zero-order valence-corrected chi connectivity index (χ0v) is 36.3. The zero-order chi connectivity index (χ0) is 32.7. The van der Waals surface area contributed by atoms with Crippen LogP contribution < -0.4 is 24.8 Å². The Morgan fingerprint density at radius 2 is 1.06 bits per heavy atom. The van der Waals surface area contributed by atoms with Gasteiger partial charge in [0.05, 0.1) is 0 Å². The Labute approximate surface area is 346 Å². The van der Waals surface area contributed by atoms with Gasteiger partial charge in [-0.2, -0.15) is 0 Å². The summed E-state index contributed by atoms with van der Waals surface area (Å²) in [5.74, 6) is 8.07. The Hall–Kier alpha value is -0.617. The van der Waals surface area contributed by atoms with Gasteiger partial charge >= 0.3 is 26.2 Å². The van der Waals surface area contributed by atoms with Gasteiger partial charge in [0.2, 0.25) is 0 Å². The fourth-order valence-electron chi connectivity index (χ4n) is 17.1. The van der Waals surface area contributed by atoms with Crippen LogP contribution in [-0.4, -0.2) is 0 Å². The van der Waals surface area contributed by atoms with Crippen LogP contribution in [0.15, 0.2) is 59.2 Å². The molecule has 12 aliphatic carbocycles. The van der Waals surface area contributed by atoms with Gasteiger partial charge in [-0.05, 0) is 199 Å². The van der Waals surface area contributed by atoms with Crippen LogP contribution in [-0.2, 0) is 37.0 Å². The third-order valence-electron chi connectivity index (χ3n) is 18.2. The van der Waals surface area contributed by atoms with Crippen molar-refractivity contribution >= 4 is 0 Å². The summed E-state index contributed by atoms with van der Waals surface area (Å²) in [6.45, 7) is 10.2. The van der Waals surface area contributed by atoms with Crippen molar-refractivity contribution in [2.45, 2.75) is 147 Å². The van der Waals surface area contributed by atoms with E-state index >= 15 is 0 Å². The number of halogens is 2. The van der Waals surface area contributed by atoms with Gasteiger partial charge in [0.1, 0.15) is 0 Å². The maximum atomic E-state index is 2.84. The molecule has 0 aromatic heterocycles. The summed E-state index contributed by atoms with van der Waals surface area (Å²) in [4.78, 5) is 0. The van der Waals surface area contributed by atoms with Gasteiger partial charge in [0.15, 0.2) is 0 Å². The predicted molar refractivity (Wildman–Crippen MR) is 202 cm³/mol. The largest absolute Gasteiger partial charge is 2.00 e. The van der Waals surface area contributed by atoms with E-state index in [1.54, 1.807) is 44.5 Å². The molecule has 3 unspecified atom stereocenters. The van der Waals surface area contributed by atoms with Crippen LogP contribution in [0.2, 0.25) is 0 Å². The standard InChI is InChI=1S/C49H60.2ClH.Zr/c1-46(2,3)36-20-42-37-6-5-7-43(37)47(4,44(42)21-36)45-38-10-8-34(48-22-28-12-29(23-48)14-30(13-28)24-48)18-40(38)41-19-35(9-11-39(41)45)49-25-31-15-32(26-49)17-33(16-31)27-49;;;/h8-11,18-19,21,28-33,37,43,45H,5-7,12-17,20,22-27H2,1-4H3;2*1H;/q;;;+2/p-2. The topological polar surface area (TPSA) is 0 Å². The summed E-state index contributed by atoms with van der Waals surface area (Å²) in [6.07, 6.45) is 26.3. The third kappa shape index (κ3) is 4.91. The van der Waals surface area contributed by atoms with Crippen LogP contribution in [0.5, 0.6) is 0 Å². The van der Waals surface area contributed by atoms with Crippen molar-refractivity contribution in [3.8, 4) is 11.1 Å². The molecule has 2 aromatic rings. The van der Waals surface area contributed by atoms with E-state index in [1.807, 2.05) is 5.57 Å². The summed E-state index contributed by atoms with van der Waals surface area (Å²) in [5.41, 5.74) is 16.9. The molecular formula is C49H60Cl2Zr. The third-order valence-corrected chi connectivity index (χ3v) is 18.2. The molecule has 3 atom stereocenters. The van der Waals surface area contributed by atoms with Gasteiger partial charge in [0, 0.05) is 11.3 Å². The molecule has 9 saturated carbocycles. The van der Waals surface area contributed by atoms with Gasteiger partial charge in [0.25, 0.3) is 0 Å². The predicted octanol–water partition coefficient (Wildman–Crippen LogP) is 6.85. The second kappa shape index (κ2) is 12.2. The zero-order valence-electron chi connectivity index (χ0n) is 32.3. The summed E-state index contributed by atoms with van der Waals surface area (Å²) in [5, 5.41) is 0. The minimum atomic E-state index is 0. The van der Waals surface area contributed by atoms with E-state index < -0.39 is 0 Å². The molecule has 52 heavy (non-hydrogen) atoms. The fraction of sp³-hybridized carbons (Fsp3) is 0.673. The van der Waals surface area contributed by atoms with Crippen LogP contribution in [0, 0.1) is 58.2 Å². The molecule has 14 rings (SSSR count). The second-order valence-corrected chi connectivity index (χ2v) is 21.9. The van der Waals surface area contributed by atoms with Gasteiger partial charge in [-0.1, -0.05) is 87.7 Å². The Balaban J connectivity index is 0.00000120. The summed E-state index contributed by atoms with van der Waals surface area (Å²) < 4.78 is 0. The van der Waals surface area contributed by atoms with Crippen LogP contribution in [0.3, 0.4) is 0 Å². The Kier molecular flexibility index (Phi) is 8.67. The first-order valence-corrected chi connectivity index (χ1v) is 21.3. The van der Waals surface area contributed by atoms with E-state index in [4.69, 9.17) is 0 Å². The van der Waals surface area contributed by atoms with Crippen LogP contribution in [0.25, 0.3) is 11.1 Å². The molecular weight excluding hydrogens is 751 g/mol. The minimum Gasteiger partial charge on any atom is -1.00 e. The van der Waals surface area contributed by atoms with Gasteiger partial charge in [-0.3, -0.25) is 0 Å². The van der Waals surface area contributed by atoms with E-state index in [-0.39, 0.29) is 61.8 Å². The summed E-state index contributed by atoms with van der Waals surface area (Å²) >= 11 is 0. The average molecular weight is 811 g/mol. The minimum absolute atomic E-state index is 0. The molecule has 0 spiro atoms. The first kappa shape index (κ1) is 37.0. The molecule has 0 N–H and O–H groups in total. The molecule has 2 aromatic carbocycles. The SMILES string of the molecule is CC(C)(C)C1=CC2=C(C1)C1CCCC1C2(C)C1c2ccc(C34CC5CC(CC(C5)C3)C4)cc2-c2cc(C34CC5CC(CC(C5)C3)C4)ccc21.[Cl-].[Cl-].[Zr+2]. The molecule has 8 bridgehead atoms. The van der Waals surface area contributed by atoms with E-state index in [9.17, 15) is 0 Å². The normalized spacial score (nSPS) is 43.7. The van der Waals surface area contributed by atoms with Crippen molar-refractivity contribution < 1.29 is 51.0 Å². The van der Waals surface area contributed by atoms with E-state index in [2.05, 4.69) is 70.2 Å². The molecule has 0 saturated heterocycles. The van der Waals surface area contributed by atoms with Crippen molar-refractivity contribution in [3.63, 3.8) is 0 Å². The summed E-state index contributed by atoms with van der Waals surface area (Å²) in [7, 11) is 0. The van der Waals surface area contributed by atoms with Crippen LogP contribution >= 0.6 is 0 Å². The van der Waals surface area contributed by atoms with E-state index in [0.29, 0.717) is 16.7 Å². The maximum Gasteiger partial charge on any atom is 2.00 e. The smallest absolute Gasteiger partial charge is 1.00 e. The first-order chi connectivity index (χ1) is 23.6. The van der Waals surface area contributed by atoms with Crippen molar-refractivity contribution in [2.75, 3.05) is 0 Å². The van der Waals surface area contributed by atoms with E-state index in [1.165, 1.54) is 103 Å². The quantitative estimate of drug-likeness (QED) is 0.319. The number of rotatable bonds is 3. The van der Waals surface area contributed by atoms with Crippen molar-refractivity contribution in [3.05, 3.63) is 81.4 Å². The van der Waals surface area contributed by atoms with Crippen molar-refractivity contribution in [1.29, 1.82) is 0 Å². The van der Waals surface area contributed by atoms with Gasteiger partial charge in [-0.25, -0.2) is 0 Å². The molecule has 0 heterocycles. The average Bonchev–Trinajstić information content (AvgIpc) is 3.82. The molecule has 0 amide bonds. The van der Waals surface area contributed by atoms with Gasteiger partial charge < -0.3 is 24.8 Å². The second-order valence-electron chi connectivity index (χ2n) is 21.9. The first-order valence-electron chi connectivity index (χ1n) is 21.3. The molecule has 9 fully saturated rings. The molecule has 0 radical (unpaired) electrons. The van der Waals surface area contributed by atoms with Gasteiger partial charge in [-0.15, -0.1) is 0 Å². The number of hydrogen-bond donors (Lipinski definition) is 0. The van der Waals surface area contributed by atoms with Crippen LogP contribution in [0.4, 0.5) is 0 Å². The Morgan fingerprint density at radius 3 is 1.48 bits per heavy atom. The number of allylic oxidation sites excluding steroid dienone is 4. The Bertz CT molecular complexity index is 1710. The Morgan fingerprint density at radius 1 is 0.615 bits per heavy atom. The summed E-state index contributed by atoms with van der Waals surface area (Å²) in [6, 6.07) is 16.6. The van der Waals surface area contributed by atoms with Crippen molar-refractivity contribution in [1.82, 2.24) is 0 Å². The number of hydrogen-bond acceptors (Lipinski definition) is 0.